The predicted molar refractivity (Wildman–Crippen MR) is 91.4 cm³/mol. The van der Waals surface area contributed by atoms with Gasteiger partial charge in [0.25, 0.3) is 0 Å². The Morgan fingerprint density at radius 1 is 1.16 bits per heavy atom. The minimum Gasteiger partial charge on any atom is -0.486 e. The Balaban J connectivity index is 1.59. The zero-order chi connectivity index (χ0) is 17.6. The second-order valence-corrected chi connectivity index (χ2v) is 6.08. The molecule has 3 rings (SSSR count). The summed E-state index contributed by atoms with van der Waals surface area (Å²) in [6, 6.07) is 10.3. The summed E-state index contributed by atoms with van der Waals surface area (Å²) in [7, 11) is 0. The average molecular weight is 346 g/mol. The minimum atomic E-state index is -0.570. The van der Waals surface area contributed by atoms with E-state index in [1.807, 2.05) is 0 Å². The van der Waals surface area contributed by atoms with Gasteiger partial charge in [0.2, 0.25) is 5.91 Å². The molecule has 2 aromatic carbocycles. The van der Waals surface area contributed by atoms with E-state index in [0.29, 0.717) is 11.3 Å². The Kier molecular flexibility index (Phi) is 5.60. The van der Waals surface area contributed by atoms with Crippen LogP contribution in [0.25, 0.3) is 0 Å². The van der Waals surface area contributed by atoms with Crippen molar-refractivity contribution in [2.45, 2.75) is 19.4 Å². The van der Waals surface area contributed by atoms with Gasteiger partial charge in [-0.05, 0) is 55.8 Å². The molecule has 0 saturated carbocycles. The zero-order valence-corrected chi connectivity index (χ0v) is 13.7. The Bertz CT molecular complexity index is 746. The molecule has 0 bridgehead atoms. The van der Waals surface area contributed by atoms with Crippen LogP contribution in [0.3, 0.4) is 0 Å². The summed E-state index contributed by atoms with van der Waals surface area (Å²) in [5.74, 6) is -1.01. The third kappa shape index (κ3) is 4.76. The molecule has 0 aromatic heterocycles. The molecule has 0 spiro atoms. The highest BCUT2D eigenvalue weighted by Crippen LogP contribution is 2.23. The number of carbonyl (C=O) groups is 1. The van der Waals surface area contributed by atoms with E-state index in [1.54, 1.807) is 18.2 Å². The van der Waals surface area contributed by atoms with Crippen LogP contribution >= 0.6 is 0 Å². The van der Waals surface area contributed by atoms with Gasteiger partial charge in [-0.2, -0.15) is 0 Å². The van der Waals surface area contributed by atoms with E-state index < -0.39 is 5.82 Å². The molecule has 0 aliphatic carbocycles. The first-order chi connectivity index (χ1) is 12.1. The molecule has 6 heteroatoms. The highest BCUT2D eigenvalue weighted by molar-refractivity contribution is 5.92. The number of benzene rings is 2. The maximum atomic E-state index is 14.2. The summed E-state index contributed by atoms with van der Waals surface area (Å²) < 4.78 is 32.7. The number of halogens is 2. The maximum Gasteiger partial charge on any atom is 0.227 e. The maximum absolute atomic E-state index is 14.2. The number of amides is 1. The van der Waals surface area contributed by atoms with Crippen LogP contribution in [-0.4, -0.2) is 19.0 Å². The lowest BCUT2D eigenvalue weighted by molar-refractivity contribution is -0.120. The predicted octanol–water partition coefficient (Wildman–Crippen LogP) is 3.48. The molecular formula is C19H20F2N2O2. The van der Waals surface area contributed by atoms with E-state index in [1.165, 1.54) is 24.3 Å². The van der Waals surface area contributed by atoms with Crippen LogP contribution in [0.4, 0.5) is 14.5 Å². The van der Waals surface area contributed by atoms with E-state index >= 15 is 0 Å². The first kappa shape index (κ1) is 17.4. The van der Waals surface area contributed by atoms with Crippen molar-refractivity contribution in [3.63, 3.8) is 0 Å². The van der Waals surface area contributed by atoms with Gasteiger partial charge >= 0.3 is 0 Å². The lowest BCUT2D eigenvalue weighted by atomic mass is 9.97. The molecule has 2 aromatic rings. The fraction of sp³-hybridized carbons (Fsp3) is 0.316. The Labute approximate surface area is 145 Å². The van der Waals surface area contributed by atoms with Crippen LogP contribution in [0, 0.1) is 17.6 Å². The SMILES string of the molecule is O=C(Nc1ccc(OCc2cccc(F)c2)c(F)c1)C1CCNCC1. The van der Waals surface area contributed by atoms with Gasteiger partial charge < -0.3 is 15.4 Å². The second-order valence-electron chi connectivity index (χ2n) is 6.08. The highest BCUT2D eigenvalue weighted by atomic mass is 19.1. The van der Waals surface area contributed by atoms with Crippen molar-refractivity contribution in [3.8, 4) is 5.75 Å². The lowest BCUT2D eigenvalue weighted by Gasteiger charge is -2.21. The standard InChI is InChI=1S/C19H20F2N2O2/c20-15-3-1-2-13(10-15)12-25-18-5-4-16(11-17(18)21)23-19(24)14-6-8-22-9-7-14/h1-5,10-11,14,22H,6-9,12H2,(H,23,24). The molecule has 4 nitrogen and oxygen atoms in total. The molecular weight excluding hydrogens is 326 g/mol. The summed E-state index contributed by atoms with van der Waals surface area (Å²) in [6.45, 7) is 1.70. The number of rotatable bonds is 5. The van der Waals surface area contributed by atoms with Gasteiger partial charge in [-0.25, -0.2) is 8.78 Å². The van der Waals surface area contributed by atoms with Crippen molar-refractivity contribution in [3.05, 3.63) is 59.7 Å². The molecule has 2 N–H and O–H groups in total. The van der Waals surface area contributed by atoms with Crippen molar-refractivity contribution in [1.29, 1.82) is 0 Å². The van der Waals surface area contributed by atoms with E-state index in [2.05, 4.69) is 10.6 Å². The molecule has 132 valence electrons. The smallest absolute Gasteiger partial charge is 0.227 e. The summed E-state index contributed by atoms with van der Waals surface area (Å²) >= 11 is 0. The quantitative estimate of drug-likeness (QED) is 0.871. The number of hydrogen-bond donors (Lipinski definition) is 2. The molecule has 1 saturated heterocycles. The first-order valence-corrected chi connectivity index (χ1v) is 8.30. The van der Waals surface area contributed by atoms with Gasteiger partial charge in [-0.1, -0.05) is 12.1 Å². The Hall–Kier alpha value is -2.47. The monoisotopic (exact) mass is 346 g/mol. The molecule has 1 aliphatic rings. The largest absolute Gasteiger partial charge is 0.486 e. The number of ether oxygens (including phenoxy) is 1. The van der Waals surface area contributed by atoms with Crippen LogP contribution in [-0.2, 0) is 11.4 Å². The van der Waals surface area contributed by atoms with Crippen molar-refractivity contribution < 1.29 is 18.3 Å². The van der Waals surface area contributed by atoms with Crippen molar-refractivity contribution >= 4 is 11.6 Å². The van der Waals surface area contributed by atoms with Gasteiger partial charge in [0, 0.05) is 17.7 Å². The van der Waals surface area contributed by atoms with Gasteiger partial charge in [0.15, 0.2) is 11.6 Å². The van der Waals surface area contributed by atoms with Gasteiger partial charge in [-0.15, -0.1) is 0 Å². The first-order valence-electron chi connectivity index (χ1n) is 8.30. The number of anilines is 1. The van der Waals surface area contributed by atoms with Gasteiger partial charge in [-0.3, -0.25) is 4.79 Å². The molecule has 1 aliphatic heterocycles. The normalized spacial score (nSPS) is 15.0. The lowest BCUT2D eigenvalue weighted by Crippen LogP contribution is -2.34. The van der Waals surface area contributed by atoms with E-state index in [4.69, 9.17) is 4.74 Å². The summed E-state index contributed by atoms with van der Waals surface area (Å²) in [6.07, 6.45) is 1.56. The van der Waals surface area contributed by atoms with Gasteiger partial charge in [0.05, 0.1) is 0 Å². The zero-order valence-electron chi connectivity index (χ0n) is 13.7. The summed E-state index contributed by atoms with van der Waals surface area (Å²) in [5.41, 5.74) is 1.02. The molecule has 0 unspecified atom stereocenters. The molecule has 0 radical (unpaired) electrons. The van der Waals surface area contributed by atoms with Crippen LogP contribution in [0.15, 0.2) is 42.5 Å². The molecule has 1 heterocycles. The summed E-state index contributed by atoms with van der Waals surface area (Å²) in [5, 5.41) is 5.95. The van der Waals surface area contributed by atoms with E-state index in [0.717, 1.165) is 25.9 Å². The number of hydrogen-bond acceptors (Lipinski definition) is 3. The fourth-order valence-electron chi connectivity index (χ4n) is 2.81. The fourth-order valence-corrected chi connectivity index (χ4v) is 2.81. The van der Waals surface area contributed by atoms with Gasteiger partial charge in [0.1, 0.15) is 12.4 Å². The average Bonchev–Trinajstić information content (AvgIpc) is 2.62. The van der Waals surface area contributed by atoms with Crippen LogP contribution in [0.2, 0.25) is 0 Å². The molecule has 0 atom stereocenters. The topological polar surface area (TPSA) is 50.4 Å². The third-order valence-corrected chi connectivity index (χ3v) is 4.19. The Morgan fingerprint density at radius 2 is 1.96 bits per heavy atom. The molecule has 1 amide bonds. The molecule has 1 fully saturated rings. The summed E-state index contributed by atoms with van der Waals surface area (Å²) in [4.78, 5) is 12.2. The minimum absolute atomic E-state index is 0.0479. The van der Waals surface area contributed by atoms with Crippen molar-refractivity contribution in [2.75, 3.05) is 18.4 Å². The van der Waals surface area contributed by atoms with Crippen LogP contribution < -0.4 is 15.4 Å². The second kappa shape index (κ2) is 8.07. The highest BCUT2D eigenvalue weighted by Gasteiger charge is 2.21. The number of carbonyl (C=O) groups excluding carboxylic acids is 1. The van der Waals surface area contributed by atoms with E-state index in [-0.39, 0.29) is 30.0 Å². The Morgan fingerprint density at radius 3 is 2.68 bits per heavy atom. The number of piperidine rings is 1. The van der Waals surface area contributed by atoms with E-state index in [9.17, 15) is 13.6 Å². The number of nitrogens with one attached hydrogen (secondary N) is 2. The van der Waals surface area contributed by atoms with Crippen LogP contribution in [0.5, 0.6) is 5.75 Å². The van der Waals surface area contributed by atoms with Crippen molar-refractivity contribution in [2.24, 2.45) is 5.92 Å². The van der Waals surface area contributed by atoms with Crippen molar-refractivity contribution in [1.82, 2.24) is 5.32 Å². The third-order valence-electron chi connectivity index (χ3n) is 4.19. The molecule has 25 heavy (non-hydrogen) atoms. The van der Waals surface area contributed by atoms with Crippen LogP contribution in [0.1, 0.15) is 18.4 Å².